The van der Waals surface area contributed by atoms with E-state index >= 15 is 0 Å². The maximum absolute atomic E-state index is 13.3. The van der Waals surface area contributed by atoms with Gasteiger partial charge in [-0.25, -0.2) is 4.39 Å². The molecule has 1 saturated carbocycles. The third kappa shape index (κ3) is 1.72. The van der Waals surface area contributed by atoms with Gasteiger partial charge in [-0.15, -0.1) is 0 Å². The van der Waals surface area contributed by atoms with Gasteiger partial charge < -0.3 is 10.0 Å². The van der Waals surface area contributed by atoms with Crippen LogP contribution in [-0.4, -0.2) is 23.5 Å². The minimum atomic E-state index is -0.938. The summed E-state index contributed by atoms with van der Waals surface area (Å²) in [6.07, 6.45) is 0.687. The molecule has 106 valence electrons. The number of carboxylic acids is 1. The van der Waals surface area contributed by atoms with Gasteiger partial charge in [0, 0.05) is 12.2 Å². The largest absolute Gasteiger partial charge is 0.481 e. The number of nitrogens with zero attached hydrogens (tertiary/aromatic N) is 1. The van der Waals surface area contributed by atoms with Crippen LogP contribution in [-0.2, 0) is 16.0 Å². The lowest BCUT2D eigenvalue weighted by atomic mass is 10.1. The van der Waals surface area contributed by atoms with E-state index in [1.807, 2.05) is 0 Å². The van der Waals surface area contributed by atoms with Crippen molar-refractivity contribution in [3.63, 3.8) is 0 Å². The first kappa shape index (κ1) is 13.1. The monoisotopic (exact) mass is 277 g/mol. The number of rotatable bonds is 2. The summed E-state index contributed by atoms with van der Waals surface area (Å²) >= 11 is 0. The summed E-state index contributed by atoms with van der Waals surface area (Å²) in [5, 5.41) is 9.16. The maximum Gasteiger partial charge on any atom is 0.307 e. The molecule has 0 spiro atoms. The molecule has 2 unspecified atom stereocenters. The van der Waals surface area contributed by atoms with E-state index < -0.39 is 23.2 Å². The average molecular weight is 277 g/mol. The van der Waals surface area contributed by atoms with Crippen LogP contribution in [0.3, 0.4) is 0 Å². The van der Waals surface area contributed by atoms with Gasteiger partial charge in [-0.2, -0.15) is 0 Å². The molecule has 20 heavy (non-hydrogen) atoms. The van der Waals surface area contributed by atoms with Crippen LogP contribution in [0.1, 0.15) is 19.4 Å². The molecule has 2 aliphatic rings. The summed E-state index contributed by atoms with van der Waals surface area (Å²) < 4.78 is 13.3. The van der Waals surface area contributed by atoms with Gasteiger partial charge >= 0.3 is 5.97 Å². The van der Waals surface area contributed by atoms with Crippen molar-refractivity contribution in [1.29, 1.82) is 0 Å². The molecule has 4 nitrogen and oxygen atoms in total. The smallest absolute Gasteiger partial charge is 0.307 e. The highest BCUT2D eigenvalue weighted by molar-refractivity contribution is 6.02. The van der Waals surface area contributed by atoms with Crippen molar-refractivity contribution in [2.75, 3.05) is 11.4 Å². The molecule has 1 N–H and O–H groups in total. The van der Waals surface area contributed by atoms with Gasteiger partial charge in [0.15, 0.2) is 0 Å². The highest BCUT2D eigenvalue weighted by Gasteiger charge is 2.66. The molecule has 0 bridgehead atoms. The topological polar surface area (TPSA) is 57.6 Å². The van der Waals surface area contributed by atoms with Crippen LogP contribution in [0.2, 0.25) is 0 Å². The highest BCUT2D eigenvalue weighted by Crippen LogP contribution is 2.59. The van der Waals surface area contributed by atoms with Crippen LogP contribution in [0.4, 0.5) is 10.1 Å². The van der Waals surface area contributed by atoms with E-state index in [1.165, 1.54) is 17.0 Å². The highest BCUT2D eigenvalue weighted by atomic mass is 19.1. The normalized spacial score (nSPS) is 26.2. The number of hydrogen-bond acceptors (Lipinski definition) is 2. The summed E-state index contributed by atoms with van der Waals surface area (Å²) in [6, 6.07) is 4.42. The molecule has 1 heterocycles. The van der Waals surface area contributed by atoms with E-state index in [-0.39, 0.29) is 11.7 Å². The summed E-state index contributed by atoms with van der Waals surface area (Å²) in [5.74, 6) is -2.69. The number of halogens is 1. The number of benzene rings is 1. The van der Waals surface area contributed by atoms with Gasteiger partial charge in [-0.05, 0) is 29.5 Å². The first-order valence-electron chi connectivity index (χ1n) is 6.66. The number of anilines is 1. The fourth-order valence-corrected chi connectivity index (χ4v) is 3.31. The van der Waals surface area contributed by atoms with Gasteiger partial charge in [0.25, 0.3) is 0 Å². The zero-order chi connectivity index (χ0) is 14.7. The number of carbonyl (C=O) groups excluding carboxylic acids is 1. The number of amides is 1. The standard InChI is InChI=1S/C15H16FNO3/c1-15(2)11(12(15)14(19)20)13(18)17-6-5-8-3-4-9(16)7-10(8)17/h3-4,7,11-12H,5-6H2,1-2H3,(H,19,20). The second-order valence-electron chi connectivity index (χ2n) is 6.13. The van der Waals surface area contributed by atoms with E-state index in [1.54, 1.807) is 19.9 Å². The van der Waals surface area contributed by atoms with E-state index in [2.05, 4.69) is 0 Å². The van der Waals surface area contributed by atoms with Gasteiger partial charge in [-0.1, -0.05) is 19.9 Å². The van der Waals surface area contributed by atoms with E-state index in [0.717, 1.165) is 5.56 Å². The minimum Gasteiger partial charge on any atom is -0.481 e. The van der Waals surface area contributed by atoms with Crippen molar-refractivity contribution in [1.82, 2.24) is 0 Å². The lowest BCUT2D eigenvalue weighted by Crippen LogP contribution is -2.32. The quantitative estimate of drug-likeness (QED) is 0.900. The predicted molar refractivity (Wildman–Crippen MR) is 70.9 cm³/mol. The zero-order valence-electron chi connectivity index (χ0n) is 11.4. The third-order valence-corrected chi connectivity index (χ3v) is 4.57. The van der Waals surface area contributed by atoms with Crippen LogP contribution >= 0.6 is 0 Å². The number of carbonyl (C=O) groups is 2. The zero-order valence-corrected chi connectivity index (χ0v) is 11.4. The van der Waals surface area contributed by atoms with Crippen molar-refractivity contribution in [3.8, 4) is 0 Å². The maximum atomic E-state index is 13.3. The molecule has 0 aromatic heterocycles. The molecule has 1 fully saturated rings. The van der Waals surface area contributed by atoms with Crippen LogP contribution in [0, 0.1) is 23.1 Å². The molecule has 1 aromatic carbocycles. The number of hydrogen-bond donors (Lipinski definition) is 1. The van der Waals surface area contributed by atoms with E-state index in [9.17, 15) is 14.0 Å². The van der Waals surface area contributed by atoms with Crippen molar-refractivity contribution >= 4 is 17.6 Å². The summed E-state index contributed by atoms with van der Waals surface area (Å²) in [7, 11) is 0. The van der Waals surface area contributed by atoms with Gasteiger partial charge in [0.05, 0.1) is 11.8 Å². The Morgan fingerprint density at radius 3 is 2.65 bits per heavy atom. The molecule has 2 atom stereocenters. The first-order valence-corrected chi connectivity index (χ1v) is 6.66. The van der Waals surface area contributed by atoms with Crippen molar-refractivity contribution < 1.29 is 19.1 Å². The summed E-state index contributed by atoms with van der Waals surface area (Å²) in [6.45, 7) is 4.07. The molecule has 5 heteroatoms. The molecule has 0 saturated heterocycles. The molecule has 1 aliphatic heterocycles. The van der Waals surface area contributed by atoms with Crippen LogP contribution < -0.4 is 4.90 Å². The van der Waals surface area contributed by atoms with E-state index in [0.29, 0.717) is 18.7 Å². The molecule has 1 aliphatic carbocycles. The Bertz CT molecular complexity index is 611. The average Bonchev–Trinajstić information content (AvgIpc) is 2.75. The molecule has 0 radical (unpaired) electrons. The Hall–Kier alpha value is -1.91. The van der Waals surface area contributed by atoms with Gasteiger partial charge in [0.2, 0.25) is 5.91 Å². The molecular formula is C15H16FNO3. The third-order valence-electron chi connectivity index (χ3n) is 4.57. The van der Waals surface area contributed by atoms with E-state index in [4.69, 9.17) is 5.11 Å². The fraction of sp³-hybridized carbons (Fsp3) is 0.467. The Labute approximate surface area is 116 Å². The fourth-order valence-electron chi connectivity index (χ4n) is 3.31. The second kappa shape index (κ2) is 4.04. The Kier molecular flexibility index (Phi) is 2.64. The number of aliphatic carboxylic acids is 1. The van der Waals surface area contributed by atoms with Gasteiger partial charge in [0.1, 0.15) is 5.82 Å². The van der Waals surface area contributed by atoms with Crippen molar-refractivity contribution in [3.05, 3.63) is 29.6 Å². The van der Waals surface area contributed by atoms with Gasteiger partial charge in [-0.3, -0.25) is 9.59 Å². The van der Waals surface area contributed by atoms with Crippen LogP contribution in [0.15, 0.2) is 18.2 Å². The minimum absolute atomic E-state index is 0.202. The first-order chi connectivity index (χ1) is 9.34. The molecular weight excluding hydrogens is 261 g/mol. The Morgan fingerprint density at radius 1 is 1.35 bits per heavy atom. The second-order valence-corrected chi connectivity index (χ2v) is 6.13. The lowest BCUT2D eigenvalue weighted by Gasteiger charge is -2.18. The van der Waals surface area contributed by atoms with Crippen LogP contribution in [0.5, 0.6) is 0 Å². The number of fused-ring (bicyclic) bond motifs is 1. The summed E-state index contributed by atoms with van der Waals surface area (Å²) in [5.41, 5.74) is 0.992. The van der Waals surface area contributed by atoms with Crippen molar-refractivity contribution in [2.45, 2.75) is 20.3 Å². The molecule has 1 aromatic rings. The van der Waals surface area contributed by atoms with Crippen molar-refractivity contribution in [2.24, 2.45) is 17.3 Å². The summed E-state index contributed by atoms with van der Waals surface area (Å²) in [4.78, 5) is 25.3. The Balaban J connectivity index is 1.88. The molecule has 1 amide bonds. The SMILES string of the molecule is CC1(C)C(C(=O)O)C1C(=O)N1CCc2ccc(F)cc21. The van der Waals surface area contributed by atoms with Crippen LogP contribution in [0.25, 0.3) is 0 Å². The Morgan fingerprint density at radius 2 is 2.05 bits per heavy atom. The molecule has 3 rings (SSSR count). The number of carboxylic acid groups (broad SMARTS) is 1. The predicted octanol–water partition coefficient (Wildman–Crippen LogP) is 2.07. The lowest BCUT2D eigenvalue weighted by molar-refractivity contribution is -0.140.